The topological polar surface area (TPSA) is 42.5 Å². The van der Waals surface area contributed by atoms with Gasteiger partial charge < -0.3 is 10.1 Å². The molecule has 1 atom stereocenters. The number of aliphatic hydroxyl groups excluding tert-OH is 1. The van der Waals surface area contributed by atoms with Gasteiger partial charge in [-0.05, 0) is 29.9 Å². The predicted molar refractivity (Wildman–Crippen MR) is 95.5 cm³/mol. The lowest BCUT2D eigenvalue weighted by atomic mass is 10.1. The zero-order chi connectivity index (χ0) is 16.2. The van der Waals surface area contributed by atoms with Crippen molar-refractivity contribution in [3.8, 4) is 0 Å². The standard InChI is InChI=1S/C19H29N3O/c1-15(2)12-22-9-8-21(14-18(22)7-10-23)13-17-11-16-5-3-4-6-19(16)20-17/h3-6,11,15,18,20,23H,7-10,12-14H2,1-2H3/t18-/m0/s1. The Morgan fingerprint density at radius 1 is 1.26 bits per heavy atom. The van der Waals surface area contributed by atoms with Gasteiger partial charge in [0.05, 0.1) is 0 Å². The van der Waals surface area contributed by atoms with Gasteiger partial charge in [-0.1, -0.05) is 32.0 Å². The van der Waals surface area contributed by atoms with Crippen LogP contribution in [0.1, 0.15) is 26.0 Å². The largest absolute Gasteiger partial charge is 0.396 e. The molecule has 1 fully saturated rings. The highest BCUT2D eigenvalue weighted by Crippen LogP contribution is 2.19. The molecule has 0 aliphatic carbocycles. The second-order valence-electron chi connectivity index (χ2n) is 7.17. The van der Waals surface area contributed by atoms with E-state index in [4.69, 9.17) is 0 Å². The zero-order valence-corrected chi connectivity index (χ0v) is 14.3. The normalized spacial score (nSPS) is 20.6. The second-order valence-corrected chi connectivity index (χ2v) is 7.17. The highest BCUT2D eigenvalue weighted by Gasteiger charge is 2.27. The zero-order valence-electron chi connectivity index (χ0n) is 14.3. The molecule has 3 rings (SSSR count). The van der Waals surface area contributed by atoms with Crippen LogP contribution in [0, 0.1) is 5.92 Å². The molecule has 1 saturated heterocycles. The molecule has 23 heavy (non-hydrogen) atoms. The van der Waals surface area contributed by atoms with Crippen LogP contribution in [0.4, 0.5) is 0 Å². The lowest BCUT2D eigenvalue weighted by Crippen LogP contribution is -2.53. The molecule has 2 N–H and O–H groups in total. The second kappa shape index (κ2) is 7.47. The Morgan fingerprint density at radius 3 is 2.83 bits per heavy atom. The number of aliphatic hydroxyl groups is 1. The van der Waals surface area contributed by atoms with Gasteiger partial charge in [0.25, 0.3) is 0 Å². The van der Waals surface area contributed by atoms with E-state index in [-0.39, 0.29) is 6.61 Å². The van der Waals surface area contributed by atoms with E-state index in [2.05, 4.69) is 59.0 Å². The number of para-hydroxylation sites is 1. The number of rotatable bonds is 6. The van der Waals surface area contributed by atoms with Crippen LogP contribution in [0.2, 0.25) is 0 Å². The molecule has 4 heteroatoms. The smallest absolute Gasteiger partial charge is 0.0456 e. The minimum atomic E-state index is 0.277. The fraction of sp³-hybridized carbons (Fsp3) is 0.579. The van der Waals surface area contributed by atoms with Crippen molar-refractivity contribution in [2.24, 2.45) is 5.92 Å². The van der Waals surface area contributed by atoms with Crippen LogP contribution in [0.3, 0.4) is 0 Å². The third-order valence-electron chi connectivity index (χ3n) is 4.73. The van der Waals surface area contributed by atoms with Gasteiger partial charge in [0.15, 0.2) is 0 Å². The first kappa shape index (κ1) is 16.5. The van der Waals surface area contributed by atoms with Gasteiger partial charge in [-0.25, -0.2) is 0 Å². The monoisotopic (exact) mass is 315 g/mol. The van der Waals surface area contributed by atoms with Crippen LogP contribution in [-0.2, 0) is 6.54 Å². The van der Waals surface area contributed by atoms with Crippen molar-refractivity contribution in [2.45, 2.75) is 32.9 Å². The van der Waals surface area contributed by atoms with E-state index in [0.29, 0.717) is 12.0 Å². The molecule has 1 aromatic carbocycles. The minimum Gasteiger partial charge on any atom is -0.396 e. The predicted octanol–water partition coefficient (Wildman–Crippen LogP) is 2.69. The molecule has 0 unspecified atom stereocenters. The molecule has 0 saturated carbocycles. The molecule has 2 aromatic rings. The van der Waals surface area contributed by atoms with Gasteiger partial charge >= 0.3 is 0 Å². The number of nitrogens with one attached hydrogen (secondary N) is 1. The van der Waals surface area contributed by atoms with E-state index in [9.17, 15) is 5.11 Å². The van der Waals surface area contributed by atoms with Gasteiger partial charge in [-0.15, -0.1) is 0 Å². The van der Waals surface area contributed by atoms with E-state index in [1.807, 2.05) is 0 Å². The number of piperazine rings is 1. The van der Waals surface area contributed by atoms with Gasteiger partial charge in [-0.2, -0.15) is 0 Å². The van der Waals surface area contributed by atoms with E-state index in [1.165, 1.54) is 16.6 Å². The molecular weight excluding hydrogens is 286 g/mol. The fourth-order valence-corrected chi connectivity index (χ4v) is 3.69. The Labute approximate surface area is 139 Å². The molecule has 0 bridgehead atoms. The molecule has 4 nitrogen and oxygen atoms in total. The van der Waals surface area contributed by atoms with Crippen molar-refractivity contribution in [3.63, 3.8) is 0 Å². The first-order valence-electron chi connectivity index (χ1n) is 8.79. The maximum Gasteiger partial charge on any atom is 0.0456 e. The Balaban J connectivity index is 1.64. The Morgan fingerprint density at radius 2 is 2.09 bits per heavy atom. The van der Waals surface area contributed by atoms with Crippen molar-refractivity contribution in [2.75, 3.05) is 32.8 Å². The lowest BCUT2D eigenvalue weighted by Gasteiger charge is -2.42. The number of hydrogen-bond acceptors (Lipinski definition) is 3. The number of aromatic nitrogens is 1. The Kier molecular flexibility index (Phi) is 5.36. The van der Waals surface area contributed by atoms with Crippen molar-refractivity contribution in [3.05, 3.63) is 36.0 Å². The van der Waals surface area contributed by atoms with Crippen molar-refractivity contribution >= 4 is 10.9 Å². The molecule has 0 amide bonds. The summed E-state index contributed by atoms with van der Waals surface area (Å²) in [6, 6.07) is 11.2. The minimum absolute atomic E-state index is 0.277. The van der Waals surface area contributed by atoms with Gasteiger partial charge in [-0.3, -0.25) is 9.80 Å². The number of hydrogen-bond donors (Lipinski definition) is 2. The summed E-state index contributed by atoms with van der Waals surface area (Å²) in [7, 11) is 0. The summed E-state index contributed by atoms with van der Waals surface area (Å²) >= 11 is 0. The van der Waals surface area contributed by atoms with Crippen LogP contribution >= 0.6 is 0 Å². The van der Waals surface area contributed by atoms with Crippen LogP contribution < -0.4 is 0 Å². The number of H-pyrrole nitrogens is 1. The summed E-state index contributed by atoms with van der Waals surface area (Å²) in [5.74, 6) is 0.677. The first-order chi connectivity index (χ1) is 11.2. The van der Waals surface area contributed by atoms with Crippen LogP contribution in [0.15, 0.2) is 30.3 Å². The van der Waals surface area contributed by atoms with E-state index >= 15 is 0 Å². The average molecular weight is 315 g/mol. The molecule has 126 valence electrons. The first-order valence-corrected chi connectivity index (χ1v) is 8.79. The summed E-state index contributed by atoms with van der Waals surface area (Å²) in [6.45, 7) is 10.2. The van der Waals surface area contributed by atoms with Gasteiger partial charge in [0, 0.05) is 56.6 Å². The summed E-state index contributed by atoms with van der Waals surface area (Å²) in [5.41, 5.74) is 2.50. The summed E-state index contributed by atoms with van der Waals surface area (Å²) < 4.78 is 0. The number of fused-ring (bicyclic) bond motifs is 1. The highest BCUT2D eigenvalue weighted by molar-refractivity contribution is 5.80. The number of nitrogens with zero attached hydrogens (tertiary/aromatic N) is 2. The van der Waals surface area contributed by atoms with E-state index < -0.39 is 0 Å². The average Bonchev–Trinajstić information content (AvgIpc) is 2.92. The molecule has 1 aliphatic rings. The van der Waals surface area contributed by atoms with Crippen molar-refractivity contribution in [1.29, 1.82) is 0 Å². The summed E-state index contributed by atoms with van der Waals surface area (Å²) in [4.78, 5) is 8.60. The molecule has 0 spiro atoms. The fourth-order valence-electron chi connectivity index (χ4n) is 3.69. The van der Waals surface area contributed by atoms with Crippen molar-refractivity contribution in [1.82, 2.24) is 14.8 Å². The van der Waals surface area contributed by atoms with Gasteiger partial charge in [0.2, 0.25) is 0 Å². The third-order valence-corrected chi connectivity index (χ3v) is 4.73. The van der Waals surface area contributed by atoms with Crippen LogP contribution in [0.5, 0.6) is 0 Å². The Bertz CT molecular complexity index is 589. The SMILES string of the molecule is CC(C)CN1CCN(Cc2cc3ccccc3[nH]2)C[C@@H]1CCO. The maximum atomic E-state index is 9.39. The number of benzene rings is 1. The molecule has 1 aliphatic heterocycles. The van der Waals surface area contributed by atoms with Crippen molar-refractivity contribution < 1.29 is 5.11 Å². The number of aromatic amines is 1. The molecule has 2 heterocycles. The van der Waals surface area contributed by atoms with Crippen LogP contribution in [-0.4, -0.2) is 58.7 Å². The highest BCUT2D eigenvalue weighted by atomic mass is 16.3. The van der Waals surface area contributed by atoms with E-state index in [0.717, 1.165) is 39.1 Å². The quantitative estimate of drug-likeness (QED) is 0.861. The van der Waals surface area contributed by atoms with E-state index in [1.54, 1.807) is 0 Å². The molecular formula is C19H29N3O. The molecule has 1 aromatic heterocycles. The third kappa shape index (κ3) is 4.14. The molecule has 0 radical (unpaired) electrons. The van der Waals surface area contributed by atoms with Crippen LogP contribution in [0.25, 0.3) is 10.9 Å². The maximum absolute atomic E-state index is 9.39. The van der Waals surface area contributed by atoms with Gasteiger partial charge in [0.1, 0.15) is 0 Å². The lowest BCUT2D eigenvalue weighted by molar-refractivity contribution is 0.0472. The Hall–Kier alpha value is -1.36. The summed E-state index contributed by atoms with van der Waals surface area (Å²) in [6.07, 6.45) is 0.871. The summed E-state index contributed by atoms with van der Waals surface area (Å²) in [5, 5.41) is 10.7.